The van der Waals surface area contributed by atoms with Gasteiger partial charge in [0.15, 0.2) is 0 Å². The molecular weight excluding hydrogens is 272 g/mol. The van der Waals surface area contributed by atoms with Crippen molar-refractivity contribution in [2.24, 2.45) is 0 Å². The zero-order valence-electron chi connectivity index (χ0n) is 10.7. The molecule has 0 unspecified atom stereocenters. The number of hydrogen-bond donors (Lipinski definition) is 2. The quantitative estimate of drug-likeness (QED) is 0.767. The summed E-state index contributed by atoms with van der Waals surface area (Å²) in [5, 5.41) is 20.0. The average molecular weight is 282 g/mol. The van der Waals surface area contributed by atoms with Crippen LogP contribution < -0.4 is 4.74 Å². The van der Waals surface area contributed by atoms with Gasteiger partial charge in [0.1, 0.15) is 11.5 Å². The van der Waals surface area contributed by atoms with Crippen molar-refractivity contribution in [3.05, 3.63) is 54.5 Å². The van der Waals surface area contributed by atoms with Gasteiger partial charge < -0.3 is 14.9 Å². The van der Waals surface area contributed by atoms with Crippen LogP contribution in [0.25, 0.3) is 10.8 Å². The van der Waals surface area contributed by atoms with Gasteiger partial charge in [-0.25, -0.2) is 9.78 Å². The molecule has 2 heterocycles. The van der Waals surface area contributed by atoms with Gasteiger partial charge in [-0.05, 0) is 29.7 Å². The van der Waals surface area contributed by atoms with Gasteiger partial charge in [0, 0.05) is 17.8 Å². The maximum Gasteiger partial charge on any atom is 0.337 e. The molecule has 104 valence electrons. The van der Waals surface area contributed by atoms with Gasteiger partial charge in [0.25, 0.3) is 0 Å². The molecule has 0 aliphatic heterocycles. The molecule has 2 N–H and O–H groups in total. The van der Waals surface area contributed by atoms with Crippen molar-refractivity contribution < 1.29 is 19.7 Å². The van der Waals surface area contributed by atoms with Crippen LogP contribution in [-0.2, 0) is 0 Å². The third-order valence-corrected chi connectivity index (χ3v) is 2.89. The first-order valence-electron chi connectivity index (χ1n) is 6.07. The van der Waals surface area contributed by atoms with E-state index >= 15 is 0 Å². The fraction of sp³-hybridized carbons (Fsp3) is 0. The Labute approximate surface area is 119 Å². The maximum absolute atomic E-state index is 10.9. The van der Waals surface area contributed by atoms with Crippen LogP contribution in [0.5, 0.6) is 17.4 Å². The molecule has 0 atom stereocenters. The number of fused-ring (bicyclic) bond motifs is 1. The molecule has 0 amide bonds. The number of hydrogen-bond acceptors (Lipinski definition) is 5. The van der Waals surface area contributed by atoms with Crippen molar-refractivity contribution >= 4 is 16.7 Å². The first-order chi connectivity index (χ1) is 10.1. The lowest BCUT2D eigenvalue weighted by molar-refractivity contribution is 0.0696. The third-order valence-electron chi connectivity index (χ3n) is 2.89. The van der Waals surface area contributed by atoms with E-state index in [0.29, 0.717) is 5.39 Å². The van der Waals surface area contributed by atoms with Gasteiger partial charge >= 0.3 is 5.97 Å². The highest BCUT2D eigenvalue weighted by Gasteiger charge is 2.09. The second-order valence-electron chi connectivity index (χ2n) is 4.34. The van der Waals surface area contributed by atoms with Crippen LogP contribution in [0.15, 0.2) is 48.9 Å². The molecule has 6 heteroatoms. The SMILES string of the molecule is O=C(O)c1cncc(Oc2nccc3ccc(O)cc23)c1. The van der Waals surface area contributed by atoms with Crippen LogP contribution in [0.4, 0.5) is 0 Å². The van der Waals surface area contributed by atoms with Crippen molar-refractivity contribution in [1.29, 1.82) is 0 Å². The number of carboxylic acid groups (broad SMARTS) is 1. The lowest BCUT2D eigenvalue weighted by atomic mass is 10.1. The minimum atomic E-state index is -1.09. The number of aromatic carboxylic acids is 1. The molecule has 0 aliphatic carbocycles. The minimum Gasteiger partial charge on any atom is -0.508 e. The lowest BCUT2D eigenvalue weighted by Crippen LogP contribution is -1.98. The Hall–Kier alpha value is -3.15. The number of ether oxygens (including phenoxy) is 1. The molecule has 1 aromatic carbocycles. The zero-order chi connectivity index (χ0) is 14.8. The van der Waals surface area contributed by atoms with Crippen molar-refractivity contribution in [1.82, 2.24) is 9.97 Å². The van der Waals surface area contributed by atoms with Crippen LogP contribution in [0.3, 0.4) is 0 Å². The summed E-state index contributed by atoms with van der Waals surface area (Å²) in [4.78, 5) is 18.8. The van der Waals surface area contributed by atoms with Crippen molar-refractivity contribution in [2.75, 3.05) is 0 Å². The molecule has 0 aliphatic rings. The number of benzene rings is 1. The predicted octanol–water partition coefficient (Wildman–Crippen LogP) is 2.83. The number of pyridine rings is 2. The second-order valence-corrected chi connectivity index (χ2v) is 4.34. The Morgan fingerprint density at radius 3 is 2.81 bits per heavy atom. The second kappa shape index (κ2) is 5.09. The molecule has 6 nitrogen and oxygen atoms in total. The molecule has 2 aromatic heterocycles. The smallest absolute Gasteiger partial charge is 0.337 e. The standard InChI is InChI=1S/C15H10N2O4/c18-11-2-1-9-3-4-17-14(13(9)6-11)21-12-5-10(15(19)20)7-16-8-12/h1-8,18H,(H,19,20). The van der Waals surface area contributed by atoms with Crippen LogP contribution >= 0.6 is 0 Å². The first kappa shape index (κ1) is 12.9. The lowest BCUT2D eigenvalue weighted by Gasteiger charge is -2.08. The zero-order valence-corrected chi connectivity index (χ0v) is 10.7. The van der Waals surface area contributed by atoms with Crippen molar-refractivity contribution in [2.45, 2.75) is 0 Å². The van der Waals surface area contributed by atoms with Crippen LogP contribution in [0.1, 0.15) is 10.4 Å². The third kappa shape index (κ3) is 2.59. The van der Waals surface area contributed by atoms with Crippen LogP contribution in [0.2, 0.25) is 0 Å². The molecule has 0 saturated carbocycles. The number of rotatable bonds is 3. The Morgan fingerprint density at radius 2 is 2.00 bits per heavy atom. The molecule has 0 fully saturated rings. The van der Waals surface area contributed by atoms with E-state index in [1.54, 1.807) is 24.4 Å². The number of carbonyl (C=O) groups is 1. The summed E-state index contributed by atoms with van der Waals surface area (Å²) in [5.74, 6) is -0.458. The first-order valence-corrected chi connectivity index (χ1v) is 6.07. The summed E-state index contributed by atoms with van der Waals surface area (Å²) in [7, 11) is 0. The van der Waals surface area contributed by atoms with Gasteiger partial charge in [0.2, 0.25) is 5.88 Å². The van der Waals surface area contributed by atoms with Crippen molar-refractivity contribution in [3.8, 4) is 17.4 Å². The van der Waals surface area contributed by atoms with Gasteiger partial charge in [-0.15, -0.1) is 0 Å². The molecular formula is C15H10N2O4. The molecule has 0 bridgehead atoms. The fourth-order valence-electron chi connectivity index (χ4n) is 1.91. The van der Waals surface area contributed by atoms with E-state index in [-0.39, 0.29) is 22.9 Å². The number of phenols is 1. The van der Waals surface area contributed by atoms with E-state index in [4.69, 9.17) is 9.84 Å². The van der Waals surface area contributed by atoms with E-state index in [1.165, 1.54) is 24.5 Å². The Kier molecular flexibility index (Phi) is 3.12. The molecule has 3 aromatic rings. The number of carboxylic acids is 1. The summed E-state index contributed by atoms with van der Waals surface area (Å²) in [6, 6.07) is 7.99. The molecule has 0 radical (unpaired) electrons. The fourth-order valence-corrected chi connectivity index (χ4v) is 1.91. The van der Waals surface area contributed by atoms with E-state index in [2.05, 4.69) is 9.97 Å². The maximum atomic E-state index is 10.9. The number of aromatic nitrogens is 2. The van der Waals surface area contributed by atoms with Gasteiger partial charge in [0.05, 0.1) is 11.8 Å². The largest absolute Gasteiger partial charge is 0.508 e. The highest BCUT2D eigenvalue weighted by Crippen LogP contribution is 2.30. The van der Waals surface area contributed by atoms with Crippen molar-refractivity contribution in [3.63, 3.8) is 0 Å². The van der Waals surface area contributed by atoms with Gasteiger partial charge in [-0.1, -0.05) is 6.07 Å². The number of nitrogens with zero attached hydrogens (tertiary/aromatic N) is 2. The Balaban J connectivity index is 2.04. The summed E-state index contributed by atoms with van der Waals surface area (Å²) >= 11 is 0. The van der Waals surface area contributed by atoms with E-state index < -0.39 is 5.97 Å². The van der Waals surface area contributed by atoms with E-state index in [1.807, 2.05) is 0 Å². The molecule has 0 spiro atoms. The summed E-state index contributed by atoms with van der Waals surface area (Å²) < 4.78 is 5.59. The van der Waals surface area contributed by atoms with Crippen LogP contribution in [0, 0.1) is 0 Å². The normalized spacial score (nSPS) is 10.5. The van der Waals surface area contributed by atoms with E-state index in [9.17, 15) is 9.90 Å². The summed E-state index contributed by atoms with van der Waals surface area (Å²) in [6.07, 6.45) is 4.20. The molecule has 21 heavy (non-hydrogen) atoms. The molecule has 0 saturated heterocycles. The summed E-state index contributed by atoms with van der Waals surface area (Å²) in [6.45, 7) is 0. The highest BCUT2D eigenvalue weighted by molar-refractivity contribution is 5.89. The van der Waals surface area contributed by atoms with E-state index in [0.717, 1.165) is 5.39 Å². The predicted molar refractivity (Wildman–Crippen MR) is 74.7 cm³/mol. The average Bonchev–Trinajstić information content (AvgIpc) is 2.48. The monoisotopic (exact) mass is 282 g/mol. The van der Waals surface area contributed by atoms with Gasteiger partial charge in [-0.3, -0.25) is 4.98 Å². The Bertz CT molecular complexity index is 833. The topological polar surface area (TPSA) is 92.5 Å². The molecule has 3 rings (SSSR count). The Morgan fingerprint density at radius 1 is 1.14 bits per heavy atom. The summed E-state index contributed by atoms with van der Waals surface area (Å²) in [5.41, 5.74) is 0.0237. The highest BCUT2D eigenvalue weighted by atomic mass is 16.5. The number of phenolic OH excluding ortho intramolecular Hbond substituents is 1. The number of aromatic hydroxyl groups is 1. The van der Waals surface area contributed by atoms with Crippen LogP contribution in [-0.4, -0.2) is 26.2 Å². The minimum absolute atomic E-state index is 0.0237. The van der Waals surface area contributed by atoms with Gasteiger partial charge in [-0.2, -0.15) is 0 Å².